The second-order valence-corrected chi connectivity index (χ2v) is 9.40. The Morgan fingerprint density at radius 2 is 1.39 bits per heavy atom. The fraction of sp³-hybridized carbons (Fsp3) is 0.379. The standard InChI is InChI=1S/C29H35ClN2O/c1-24-9-5-6-12-27(24)23-32-20-18-31(19-21-32)17-7-8-22-33-29(25-10-3-2-4-11-25)26-13-15-28(30)16-14-26/h2-6,9-16,29H,7-8,17-23H2,1H3. The number of piperazine rings is 1. The molecule has 3 aromatic rings. The summed E-state index contributed by atoms with van der Waals surface area (Å²) in [7, 11) is 0. The van der Waals surface area contributed by atoms with Gasteiger partial charge in [-0.15, -0.1) is 0 Å². The molecule has 1 heterocycles. The Kier molecular flexibility index (Phi) is 8.96. The van der Waals surface area contributed by atoms with Gasteiger partial charge < -0.3 is 9.64 Å². The normalized spacial score (nSPS) is 16.1. The molecule has 33 heavy (non-hydrogen) atoms. The maximum atomic E-state index is 6.37. The SMILES string of the molecule is Cc1ccccc1CN1CCN(CCCCOC(c2ccccc2)c2ccc(Cl)cc2)CC1. The third kappa shape index (κ3) is 7.15. The zero-order chi connectivity index (χ0) is 22.9. The second kappa shape index (κ2) is 12.3. The first-order chi connectivity index (χ1) is 16.2. The van der Waals surface area contributed by atoms with Crippen molar-refractivity contribution in [1.82, 2.24) is 9.80 Å². The van der Waals surface area contributed by atoms with Gasteiger partial charge in [0.2, 0.25) is 0 Å². The van der Waals surface area contributed by atoms with Crippen molar-refractivity contribution in [2.24, 2.45) is 0 Å². The van der Waals surface area contributed by atoms with E-state index >= 15 is 0 Å². The average molecular weight is 463 g/mol. The molecule has 0 saturated carbocycles. The molecule has 0 N–H and O–H groups in total. The smallest absolute Gasteiger partial charge is 0.108 e. The Morgan fingerprint density at radius 3 is 2.12 bits per heavy atom. The summed E-state index contributed by atoms with van der Waals surface area (Å²) < 4.78 is 6.37. The summed E-state index contributed by atoms with van der Waals surface area (Å²) in [5.74, 6) is 0. The van der Waals surface area contributed by atoms with Crippen LogP contribution in [-0.2, 0) is 11.3 Å². The molecule has 3 nitrogen and oxygen atoms in total. The topological polar surface area (TPSA) is 15.7 Å². The maximum absolute atomic E-state index is 6.37. The highest BCUT2D eigenvalue weighted by Crippen LogP contribution is 2.27. The zero-order valence-corrected chi connectivity index (χ0v) is 20.4. The minimum Gasteiger partial charge on any atom is -0.369 e. The molecule has 1 saturated heterocycles. The van der Waals surface area contributed by atoms with Crippen LogP contribution < -0.4 is 0 Å². The molecule has 0 amide bonds. The van der Waals surface area contributed by atoms with Crippen molar-refractivity contribution >= 4 is 11.6 Å². The van der Waals surface area contributed by atoms with E-state index < -0.39 is 0 Å². The molecule has 1 unspecified atom stereocenters. The van der Waals surface area contributed by atoms with Gasteiger partial charge in [-0.3, -0.25) is 4.90 Å². The van der Waals surface area contributed by atoms with E-state index in [9.17, 15) is 0 Å². The van der Waals surface area contributed by atoms with Crippen LogP contribution in [-0.4, -0.2) is 49.1 Å². The minimum atomic E-state index is -0.0477. The van der Waals surface area contributed by atoms with E-state index in [1.54, 1.807) is 0 Å². The molecule has 0 spiro atoms. The summed E-state index contributed by atoms with van der Waals surface area (Å²) >= 11 is 6.09. The van der Waals surface area contributed by atoms with E-state index in [0.717, 1.165) is 62.9 Å². The average Bonchev–Trinajstić information content (AvgIpc) is 2.85. The van der Waals surface area contributed by atoms with E-state index in [0.29, 0.717) is 0 Å². The molecule has 0 aliphatic carbocycles. The van der Waals surface area contributed by atoms with Crippen molar-refractivity contribution in [3.05, 3.63) is 106 Å². The lowest BCUT2D eigenvalue weighted by atomic mass is 10.0. The third-order valence-corrected chi connectivity index (χ3v) is 6.80. The van der Waals surface area contributed by atoms with E-state index in [1.807, 2.05) is 18.2 Å². The number of hydrogen-bond donors (Lipinski definition) is 0. The highest BCUT2D eigenvalue weighted by atomic mass is 35.5. The van der Waals surface area contributed by atoms with Crippen LogP contribution in [0.15, 0.2) is 78.9 Å². The van der Waals surface area contributed by atoms with Gasteiger partial charge in [-0.1, -0.05) is 78.3 Å². The predicted octanol–water partition coefficient (Wildman–Crippen LogP) is 6.35. The number of unbranched alkanes of at least 4 members (excludes halogenated alkanes) is 1. The summed E-state index contributed by atoms with van der Waals surface area (Å²) in [6, 6.07) is 27.2. The van der Waals surface area contributed by atoms with Crippen LogP contribution in [0, 0.1) is 6.92 Å². The molecule has 1 aliphatic rings. The zero-order valence-electron chi connectivity index (χ0n) is 19.6. The number of benzene rings is 3. The molecule has 1 fully saturated rings. The van der Waals surface area contributed by atoms with Gasteiger partial charge in [0.25, 0.3) is 0 Å². The third-order valence-electron chi connectivity index (χ3n) is 6.55. The summed E-state index contributed by atoms with van der Waals surface area (Å²) in [4.78, 5) is 5.18. The van der Waals surface area contributed by atoms with Crippen molar-refractivity contribution in [3.8, 4) is 0 Å². The van der Waals surface area contributed by atoms with E-state index in [-0.39, 0.29) is 6.10 Å². The monoisotopic (exact) mass is 462 g/mol. The van der Waals surface area contributed by atoms with Crippen LogP contribution >= 0.6 is 11.6 Å². The fourth-order valence-corrected chi connectivity index (χ4v) is 4.61. The van der Waals surface area contributed by atoms with Gasteiger partial charge in [0.15, 0.2) is 0 Å². The first-order valence-electron chi connectivity index (χ1n) is 12.1. The number of halogens is 1. The molecular formula is C29H35ClN2O. The molecule has 0 bridgehead atoms. The Morgan fingerprint density at radius 1 is 0.758 bits per heavy atom. The molecule has 3 aromatic carbocycles. The largest absolute Gasteiger partial charge is 0.369 e. The Hall–Kier alpha value is -2.17. The Balaban J connectivity index is 1.19. The van der Waals surface area contributed by atoms with Crippen molar-refractivity contribution in [3.63, 3.8) is 0 Å². The number of rotatable bonds is 10. The minimum absolute atomic E-state index is 0.0477. The van der Waals surface area contributed by atoms with Crippen LogP contribution in [0.5, 0.6) is 0 Å². The van der Waals surface area contributed by atoms with Crippen LogP contribution in [0.3, 0.4) is 0 Å². The molecule has 0 radical (unpaired) electrons. The van der Waals surface area contributed by atoms with E-state index in [1.165, 1.54) is 23.1 Å². The van der Waals surface area contributed by atoms with Crippen molar-refractivity contribution < 1.29 is 4.74 Å². The molecule has 4 heteroatoms. The van der Waals surface area contributed by atoms with E-state index in [4.69, 9.17) is 16.3 Å². The Labute approximate surface area is 203 Å². The summed E-state index contributed by atoms with van der Waals surface area (Å²) in [6.45, 7) is 9.81. The van der Waals surface area contributed by atoms with Gasteiger partial charge in [-0.05, 0) is 60.7 Å². The van der Waals surface area contributed by atoms with Crippen molar-refractivity contribution in [1.29, 1.82) is 0 Å². The van der Waals surface area contributed by atoms with Crippen LogP contribution in [0.1, 0.15) is 41.2 Å². The lowest BCUT2D eigenvalue weighted by molar-refractivity contribution is 0.0724. The highest BCUT2D eigenvalue weighted by Gasteiger charge is 2.18. The number of ether oxygens (including phenoxy) is 1. The summed E-state index contributed by atoms with van der Waals surface area (Å²) in [5, 5.41) is 0.754. The first kappa shape index (κ1) is 24.0. The lowest BCUT2D eigenvalue weighted by Gasteiger charge is -2.35. The van der Waals surface area contributed by atoms with Gasteiger partial charge >= 0.3 is 0 Å². The second-order valence-electron chi connectivity index (χ2n) is 8.96. The molecule has 4 rings (SSSR count). The summed E-state index contributed by atoms with van der Waals surface area (Å²) in [6.07, 6.45) is 2.19. The van der Waals surface area contributed by atoms with Crippen molar-refractivity contribution in [2.75, 3.05) is 39.3 Å². The summed E-state index contributed by atoms with van der Waals surface area (Å²) in [5.41, 5.74) is 5.18. The van der Waals surface area contributed by atoms with Gasteiger partial charge in [-0.2, -0.15) is 0 Å². The van der Waals surface area contributed by atoms with Crippen LogP contribution in [0.25, 0.3) is 0 Å². The quantitative estimate of drug-likeness (QED) is 0.326. The number of nitrogens with zero attached hydrogens (tertiary/aromatic N) is 2. The van der Waals surface area contributed by atoms with Crippen LogP contribution in [0.2, 0.25) is 5.02 Å². The van der Waals surface area contributed by atoms with Crippen LogP contribution in [0.4, 0.5) is 0 Å². The van der Waals surface area contributed by atoms with E-state index in [2.05, 4.69) is 77.4 Å². The molecular weight excluding hydrogens is 428 g/mol. The number of hydrogen-bond acceptors (Lipinski definition) is 3. The lowest BCUT2D eigenvalue weighted by Crippen LogP contribution is -2.46. The molecule has 1 aliphatic heterocycles. The molecule has 0 aromatic heterocycles. The first-order valence-corrected chi connectivity index (χ1v) is 12.5. The highest BCUT2D eigenvalue weighted by molar-refractivity contribution is 6.30. The molecule has 174 valence electrons. The van der Waals surface area contributed by atoms with Gasteiger partial charge in [0.1, 0.15) is 6.10 Å². The number of aryl methyl sites for hydroxylation is 1. The Bertz CT molecular complexity index is 968. The van der Waals surface area contributed by atoms with Gasteiger partial charge in [-0.25, -0.2) is 0 Å². The van der Waals surface area contributed by atoms with Gasteiger partial charge in [0, 0.05) is 44.4 Å². The molecule has 1 atom stereocenters. The predicted molar refractivity (Wildman–Crippen MR) is 138 cm³/mol. The maximum Gasteiger partial charge on any atom is 0.108 e. The fourth-order valence-electron chi connectivity index (χ4n) is 4.49. The van der Waals surface area contributed by atoms with Crippen molar-refractivity contribution in [2.45, 2.75) is 32.4 Å². The van der Waals surface area contributed by atoms with Gasteiger partial charge in [0.05, 0.1) is 0 Å².